The van der Waals surface area contributed by atoms with Gasteiger partial charge in [-0.1, -0.05) is 12.1 Å². The average molecular weight is 318 g/mol. The lowest BCUT2D eigenvalue weighted by atomic mass is 9.40. The Morgan fingerprint density at radius 2 is 1.57 bits per heavy atom. The van der Waals surface area contributed by atoms with Crippen molar-refractivity contribution in [3.8, 4) is 0 Å². The Morgan fingerprint density at radius 3 is 2.00 bits per heavy atom. The van der Waals surface area contributed by atoms with E-state index >= 15 is 0 Å². The van der Waals surface area contributed by atoms with Crippen molar-refractivity contribution in [3.63, 3.8) is 0 Å². The second-order valence-electron chi connectivity index (χ2n) is 8.07. The molecule has 0 unspecified atom stereocenters. The molecule has 1 aromatic carbocycles. The molecular formula is C19H23FO3. The number of carbonyl (C=O) groups is 1. The molecule has 0 amide bonds. The van der Waals surface area contributed by atoms with Crippen LogP contribution in [0.5, 0.6) is 0 Å². The van der Waals surface area contributed by atoms with Crippen molar-refractivity contribution < 1.29 is 19.4 Å². The Hall–Kier alpha value is -1.42. The molecule has 23 heavy (non-hydrogen) atoms. The van der Waals surface area contributed by atoms with Crippen LogP contribution in [-0.2, 0) is 10.2 Å². The second-order valence-corrected chi connectivity index (χ2v) is 8.07. The highest BCUT2D eigenvalue weighted by atomic mass is 19.1. The fraction of sp³-hybridized carbons (Fsp3) is 0.632. The van der Waals surface area contributed by atoms with Gasteiger partial charge in [0.15, 0.2) is 0 Å². The van der Waals surface area contributed by atoms with Crippen molar-refractivity contribution in [2.45, 2.75) is 50.0 Å². The fourth-order valence-corrected chi connectivity index (χ4v) is 6.09. The predicted octanol–water partition coefficient (Wildman–Crippen LogP) is 3.36. The first kappa shape index (κ1) is 15.1. The highest BCUT2D eigenvalue weighted by molar-refractivity contribution is 5.69. The summed E-state index contributed by atoms with van der Waals surface area (Å²) in [5.41, 5.74) is -0.0384. The molecule has 0 radical (unpaired) electrons. The SMILES string of the molecule is CC1(O)C2CC3CC1CC(C2)C3(CC(=O)O)c1ccc(F)cc1. The molecule has 4 bridgehead atoms. The quantitative estimate of drug-likeness (QED) is 0.898. The highest BCUT2D eigenvalue weighted by Crippen LogP contribution is 2.66. The molecule has 4 aliphatic rings. The zero-order chi connectivity index (χ0) is 16.4. The molecule has 2 N–H and O–H groups in total. The number of carboxylic acid groups (broad SMARTS) is 1. The van der Waals surface area contributed by atoms with Gasteiger partial charge in [0.2, 0.25) is 0 Å². The molecule has 4 fully saturated rings. The van der Waals surface area contributed by atoms with Gasteiger partial charge < -0.3 is 10.2 Å². The van der Waals surface area contributed by atoms with Gasteiger partial charge in [-0.15, -0.1) is 0 Å². The van der Waals surface area contributed by atoms with Gasteiger partial charge in [-0.2, -0.15) is 0 Å². The normalized spacial score (nSPS) is 44.5. The maximum absolute atomic E-state index is 13.4. The monoisotopic (exact) mass is 318 g/mol. The highest BCUT2D eigenvalue weighted by Gasteiger charge is 2.64. The first-order valence-corrected chi connectivity index (χ1v) is 8.54. The number of hydrogen-bond acceptors (Lipinski definition) is 2. The van der Waals surface area contributed by atoms with E-state index in [-0.39, 0.29) is 35.9 Å². The van der Waals surface area contributed by atoms with E-state index < -0.39 is 17.0 Å². The van der Waals surface area contributed by atoms with E-state index in [1.54, 1.807) is 12.1 Å². The minimum atomic E-state index is -0.784. The molecule has 124 valence electrons. The third kappa shape index (κ3) is 2.00. The van der Waals surface area contributed by atoms with Crippen LogP contribution in [0.4, 0.5) is 4.39 Å². The molecule has 5 rings (SSSR count). The number of rotatable bonds is 3. The van der Waals surface area contributed by atoms with Crippen LogP contribution in [0.15, 0.2) is 24.3 Å². The Labute approximate surface area is 135 Å². The average Bonchev–Trinajstić information content (AvgIpc) is 2.45. The number of benzene rings is 1. The molecule has 0 saturated heterocycles. The molecule has 0 aromatic heterocycles. The molecule has 4 saturated carbocycles. The summed E-state index contributed by atoms with van der Waals surface area (Å²) in [4.78, 5) is 11.6. The van der Waals surface area contributed by atoms with Crippen LogP contribution >= 0.6 is 0 Å². The van der Waals surface area contributed by atoms with E-state index in [0.29, 0.717) is 0 Å². The van der Waals surface area contributed by atoms with E-state index in [0.717, 1.165) is 31.2 Å². The molecular weight excluding hydrogens is 295 g/mol. The number of halogens is 1. The summed E-state index contributed by atoms with van der Waals surface area (Å²) in [6.07, 6.45) is 3.63. The van der Waals surface area contributed by atoms with E-state index in [1.807, 2.05) is 6.92 Å². The van der Waals surface area contributed by atoms with Gasteiger partial charge in [0.25, 0.3) is 0 Å². The standard InChI is InChI=1S/C19H23FO3/c1-18(23)12-6-14-8-13(18)9-15(7-12)19(14,10-17(21)22)11-2-4-16(20)5-3-11/h2-5,12-15,23H,6-10H2,1H3,(H,21,22). The lowest BCUT2D eigenvalue weighted by molar-refractivity contribution is -0.195. The molecule has 0 atom stereocenters. The summed E-state index contributed by atoms with van der Waals surface area (Å²) in [5, 5.41) is 20.3. The summed E-state index contributed by atoms with van der Waals surface area (Å²) in [5.74, 6) is 0.0119. The van der Waals surface area contributed by atoms with Gasteiger partial charge in [-0.05, 0) is 74.0 Å². The van der Waals surface area contributed by atoms with Gasteiger partial charge in [0.1, 0.15) is 5.82 Å². The van der Waals surface area contributed by atoms with Crippen LogP contribution in [0.2, 0.25) is 0 Å². The summed E-state index contributed by atoms with van der Waals surface area (Å²) in [6, 6.07) is 6.44. The van der Waals surface area contributed by atoms with Crippen LogP contribution in [0.3, 0.4) is 0 Å². The second kappa shape index (κ2) is 4.79. The minimum absolute atomic E-state index is 0.107. The van der Waals surface area contributed by atoms with Gasteiger partial charge in [0, 0.05) is 5.41 Å². The summed E-state index contributed by atoms with van der Waals surface area (Å²) < 4.78 is 13.4. The van der Waals surface area contributed by atoms with Gasteiger partial charge >= 0.3 is 5.97 Å². The van der Waals surface area contributed by atoms with E-state index in [2.05, 4.69) is 0 Å². The number of carboxylic acids is 1. The number of hydrogen-bond donors (Lipinski definition) is 2. The Morgan fingerprint density at radius 1 is 1.09 bits per heavy atom. The van der Waals surface area contributed by atoms with Crippen LogP contribution in [0.25, 0.3) is 0 Å². The summed E-state index contributed by atoms with van der Waals surface area (Å²) in [6.45, 7) is 1.96. The molecule has 1 aromatic rings. The molecule has 3 nitrogen and oxygen atoms in total. The van der Waals surface area contributed by atoms with Crippen molar-refractivity contribution in [3.05, 3.63) is 35.6 Å². The molecule has 0 aliphatic heterocycles. The van der Waals surface area contributed by atoms with E-state index in [4.69, 9.17) is 0 Å². The van der Waals surface area contributed by atoms with Crippen molar-refractivity contribution >= 4 is 5.97 Å². The predicted molar refractivity (Wildman–Crippen MR) is 83.4 cm³/mol. The first-order valence-electron chi connectivity index (χ1n) is 8.54. The third-order valence-corrected chi connectivity index (χ3v) is 7.21. The van der Waals surface area contributed by atoms with Crippen LogP contribution < -0.4 is 0 Å². The van der Waals surface area contributed by atoms with E-state index in [1.165, 1.54) is 12.1 Å². The number of aliphatic hydroxyl groups is 1. The van der Waals surface area contributed by atoms with Crippen LogP contribution in [0, 0.1) is 29.5 Å². The molecule has 4 aliphatic carbocycles. The Bertz CT molecular complexity index is 603. The van der Waals surface area contributed by atoms with Gasteiger partial charge in [-0.3, -0.25) is 4.79 Å². The molecule has 0 spiro atoms. The van der Waals surface area contributed by atoms with Gasteiger partial charge in [-0.25, -0.2) is 4.39 Å². The molecule has 0 heterocycles. The minimum Gasteiger partial charge on any atom is -0.481 e. The maximum atomic E-state index is 13.4. The smallest absolute Gasteiger partial charge is 0.304 e. The molecule has 4 heteroatoms. The van der Waals surface area contributed by atoms with Crippen LogP contribution in [0.1, 0.15) is 44.6 Å². The van der Waals surface area contributed by atoms with Crippen molar-refractivity contribution in [2.75, 3.05) is 0 Å². The summed E-state index contributed by atoms with van der Waals surface area (Å²) >= 11 is 0. The van der Waals surface area contributed by atoms with Gasteiger partial charge in [0.05, 0.1) is 12.0 Å². The van der Waals surface area contributed by atoms with Crippen molar-refractivity contribution in [1.82, 2.24) is 0 Å². The Kier molecular flexibility index (Phi) is 3.15. The third-order valence-electron chi connectivity index (χ3n) is 7.21. The topological polar surface area (TPSA) is 57.5 Å². The lowest BCUT2D eigenvalue weighted by Gasteiger charge is -2.65. The number of aliphatic carboxylic acids is 1. The zero-order valence-electron chi connectivity index (χ0n) is 13.3. The fourth-order valence-electron chi connectivity index (χ4n) is 6.09. The van der Waals surface area contributed by atoms with Crippen molar-refractivity contribution in [1.29, 1.82) is 0 Å². The largest absolute Gasteiger partial charge is 0.481 e. The lowest BCUT2D eigenvalue weighted by Crippen LogP contribution is -2.64. The van der Waals surface area contributed by atoms with E-state index in [9.17, 15) is 19.4 Å². The zero-order valence-corrected chi connectivity index (χ0v) is 13.3. The Balaban J connectivity index is 1.79. The first-order chi connectivity index (χ1) is 10.8. The maximum Gasteiger partial charge on any atom is 0.304 e. The van der Waals surface area contributed by atoms with Crippen molar-refractivity contribution in [2.24, 2.45) is 23.7 Å². The van der Waals surface area contributed by atoms with Crippen LogP contribution in [-0.4, -0.2) is 21.8 Å². The summed E-state index contributed by atoms with van der Waals surface area (Å²) in [7, 11) is 0.